The molecule has 0 atom stereocenters. The Hall–Kier alpha value is -4.10. The highest BCUT2D eigenvalue weighted by Crippen LogP contribution is 2.35. The lowest BCUT2D eigenvalue weighted by molar-refractivity contribution is -0.385. The fraction of sp³-hybridized carbons (Fsp3) is 0.391. The molecule has 0 radical (unpaired) electrons. The summed E-state index contributed by atoms with van der Waals surface area (Å²) in [6, 6.07) is 9.18. The molecule has 2 aromatic rings. The fourth-order valence-corrected chi connectivity index (χ4v) is 3.85. The van der Waals surface area contributed by atoms with E-state index in [0.717, 1.165) is 44.2 Å². The fourth-order valence-electron chi connectivity index (χ4n) is 3.85. The van der Waals surface area contributed by atoms with Crippen molar-refractivity contribution in [3.63, 3.8) is 0 Å². The number of carboxylic acid groups (broad SMARTS) is 2. The van der Waals surface area contributed by atoms with Crippen LogP contribution in [0.3, 0.4) is 0 Å². The highest BCUT2D eigenvalue weighted by atomic mass is 16.7. The maximum absolute atomic E-state index is 11.5. The molecule has 2 N–H and O–H groups in total. The molecule has 0 spiro atoms. The molecule has 2 aliphatic rings. The number of benzene rings is 2. The van der Waals surface area contributed by atoms with Crippen LogP contribution in [-0.2, 0) is 22.7 Å². The molecular formula is C23H27N3O10. The number of methoxy groups -OCH3 is 2. The Balaban J connectivity index is 0.000000538. The number of piperazine rings is 1. The predicted molar refractivity (Wildman–Crippen MR) is 125 cm³/mol. The van der Waals surface area contributed by atoms with Gasteiger partial charge in [0.15, 0.2) is 23.0 Å². The number of hydrogen-bond donors (Lipinski definition) is 2. The molecule has 0 unspecified atom stereocenters. The summed E-state index contributed by atoms with van der Waals surface area (Å²) in [6.07, 6.45) is 0. The summed E-state index contributed by atoms with van der Waals surface area (Å²) in [5.41, 5.74) is 1.86. The van der Waals surface area contributed by atoms with Gasteiger partial charge in [-0.1, -0.05) is 6.07 Å². The number of ether oxygens (including phenoxy) is 4. The third kappa shape index (κ3) is 6.73. The van der Waals surface area contributed by atoms with Crippen molar-refractivity contribution in [2.24, 2.45) is 0 Å². The molecule has 4 rings (SSSR count). The molecule has 0 saturated carbocycles. The van der Waals surface area contributed by atoms with Gasteiger partial charge in [-0.15, -0.1) is 0 Å². The summed E-state index contributed by atoms with van der Waals surface area (Å²) >= 11 is 0. The Kier molecular flexibility index (Phi) is 8.86. The number of nitrogens with zero attached hydrogens (tertiary/aromatic N) is 3. The number of nitro benzene ring substituents is 1. The minimum Gasteiger partial charge on any atom is -0.493 e. The first-order valence-electron chi connectivity index (χ1n) is 10.9. The van der Waals surface area contributed by atoms with E-state index in [9.17, 15) is 10.1 Å². The normalized spacial score (nSPS) is 14.9. The molecule has 0 bridgehead atoms. The number of aliphatic carboxylic acids is 2. The third-order valence-electron chi connectivity index (χ3n) is 5.67. The van der Waals surface area contributed by atoms with E-state index in [4.69, 9.17) is 38.7 Å². The first-order chi connectivity index (χ1) is 17.2. The van der Waals surface area contributed by atoms with Crippen molar-refractivity contribution in [1.29, 1.82) is 0 Å². The van der Waals surface area contributed by atoms with Crippen LogP contribution in [0, 0.1) is 10.1 Å². The maximum Gasteiger partial charge on any atom is 0.414 e. The number of hydrogen-bond acceptors (Lipinski definition) is 10. The van der Waals surface area contributed by atoms with E-state index in [1.165, 1.54) is 25.8 Å². The highest BCUT2D eigenvalue weighted by Gasteiger charge is 2.24. The van der Waals surface area contributed by atoms with Gasteiger partial charge in [0.05, 0.1) is 25.2 Å². The summed E-state index contributed by atoms with van der Waals surface area (Å²) in [5.74, 6) is -1.20. The number of nitro groups is 1. The summed E-state index contributed by atoms with van der Waals surface area (Å²) in [5, 5.41) is 26.3. The van der Waals surface area contributed by atoms with Gasteiger partial charge in [-0.2, -0.15) is 0 Å². The summed E-state index contributed by atoms with van der Waals surface area (Å²) in [4.78, 5) is 34.0. The van der Waals surface area contributed by atoms with E-state index in [1.54, 1.807) is 6.07 Å². The van der Waals surface area contributed by atoms with Crippen LogP contribution in [0.15, 0.2) is 30.3 Å². The topological polar surface area (TPSA) is 161 Å². The Bertz CT molecular complexity index is 1100. The SMILES string of the molecule is COc1cc(CN2CCN(Cc3ccc4c(c3)OCO4)CC2)c([N+](=O)[O-])cc1OC.O=C(O)C(=O)O. The average molecular weight is 505 g/mol. The lowest BCUT2D eigenvalue weighted by atomic mass is 10.1. The molecule has 13 heteroatoms. The molecule has 13 nitrogen and oxygen atoms in total. The first-order valence-corrected chi connectivity index (χ1v) is 10.9. The summed E-state index contributed by atoms with van der Waals surface area (Å²) in [6.45, 7) is 5.03. The zero-order valence-corrected chi connectivity index (χ0v) is 19.8. The Morgan fingerprint density at radius 3 is 2.03 bits per heavy atom. The maximum atomic E-state index is 11.5. The standard InChI is InChI=1S/C21H25N3O6.C2H2O4/c1-27-19-10-16(17(24(25)26)11-20(19)28-2)13-23-7-5-22(6-8-23)12-15-3-4-18-21(9-15)30-14-29-18;3-1(4)2(5)6/h3-4,9-11H,5-8,12-14H2,1-2H3;(H,3,4)(H,5,6). The number of carboxylic acids is 2. The van der Waals surface area contributed by atoms with E-state index < -0.39 is 11.9 Å². The molecule has 1 fully saturated rings. The largest absolute Gasteiger partial charge is 0.493 e. The Morgan fingerprint density at radius 1 is 0.917 bits per heavy atom. The van der Waals surface area contributed by atoms with Gasteiger partial charge in [0.2, 0.25) is 6.79 Å². The zero-order chi connectivity index (χ0) is 26.2. The smallest absolute Gasteiger partial charge is 0.414 e. The van der Waals surface area contributed by atoms with Gasteiger partial charge in [0.1, 0.15) is 0 Å². The van der Waals surface area contributed by atoms with Crippen molar-refractivity contribution in [3.05, 3.63) is 51.6 Å². The van der Waals surface area contributed by atoms with E-state index in [1.807, 2.05) is 12.1 Å². The molecule has 0 aliphatic carbocycles. The average Bonchev–Trinajstić information content (AvgIpc) is 3.33. The Morgan fingerprint density at radius 2 is 1.47 bits per heavy atom. The Labute approximate surface area is 206 Å². The van der Waals surface area contributed by atoms with Gasteiger partial charge in [0, 0.05) is 44.8 Å². The van der Waals surface area contributed by atoms with Crippen molar-refractivity contribution in [2.75, 3.05) is 47.2 Å². The second-order valence-corrected chi connectivity index (χ2v) is 7.94. The molecule has 194 valence electrons. The van der Waals surface area contributed by atoms with Crippen LogP contribution in [0.4, 0.5) is 5.69 Å². The molecule has 2 aromatic carbocycles. The lowest BCUT2D eigenvalue weighted by Crippen LogP contribution is -2.45. The van der Waals surface area contributed by atoms with E-state index in [-0.39, 0.29) is 17.4 Å². The van der Waals surface area contributed by atoms with Crippen molar-refractivity contribution in [2.45, 2.75) is 13.1 Å². The molecule has 36 heavy (non-hydrogen) atoms. The summed E-state index contributed by atoms with van der Waals surface area (Å²) < 4.78 is 21.3. The van der Waals surface area contributed by atoms with Gasteiger partial charge in [0.25, 0.3) is 5.69 Å². The van der Waals surface area contributed by atoms with Crippen molar-refractivity contribution < 1.29 is 43.7 Å². The summed E-state index contributed by atoms with van der Waals surface area (Å²) in [7, 11) is 3.00. The van der Waals surface area contributed by atoms with Crippen LogP contribution < -0.4 is 18.9 Å². The number of carbonyl (C=O) groups is 2. The van der Waals surface area contributed by atoms with E-state index in [0.29, 0.717) is 23.6 Å². The van der Waals surface area contributed by atoms with Crippen LogP contribution in [-0.4, -0.2) is 84.1 Å². The van der Waals surface area contributed by atoms with Crippen molar-refractivity contribution in [3.8, 4) is 23.0 Å². The van der Waals surface area contributed by atoms with E-state index in [2.05, 4.69) is 15.9 Å². The van der Waals surface area contributed by atoms with Crippen LogP contribution in [0.2, 0.25) is 0 Å². The van der Waals surface area contributed by atoms with Gasteiger partial charge in [-0.3, -0.25) is 19.9 Å². The molecule has 1 saturated heterocycles. The first kappa shape index (κ1) is 26.5. The van der Waals surface area contributed by atoms with E-state index >= 15 is 0 Å². The molecule has 2 aliphatic heterocycles. The van der Waals surface area contributed by atoms with Crippen LogP contribution in [0.25, 0.3) is 0 Å². The zero-order valence-electron chi connectivity index (χ0n) is 19.8. The lowest BCUT2D eigenvalue weighted by Gasteiger charge is -2.34. The van der Waals surface area contributed by atoms with Crippen molar-refractivity contribution in [1.82, 2.24) is 9.80 Å². The second kappa shape index (κ2) is 12.0. The van der Waals surface area contributed by atoms with Crippen molar-refractivity contribution >= 4 is 17.6 Å². The van der Waals surface area contributed by atoms with Gasteiger partial charge < -0.3 is 29.2 Å². The minimum atomic E-state index is -1.82. The number of fused-ring (bicyclic) bond motifs is 1. The van der Waals surface area contributed by atoms with Crippen LogP contribution in [0.1, 0.15) is 11.1 Å². The van der Waals surface area contributed by atoms with Crippen LogP contribution in [0.5, 0.6) is 23.0 Å². The van der Waals surface area contributed by atoms with Gasteiger partial charge in [-0.05, 0) is 23.8 Å². The number of rotatable bonds is 7. The van der Waals surface area contributed by atoms with Crippen LogP contribution >= 0.6 is 0 Å². The second-order valence-electron chi connectivity index (χ2n) is 7.94. The van der Waals surface area contributed by atoms with Gasteiger partial charge >= 0.3 is 11.9 Å². The minimum absolute atomic E-state index is 0.0513. The monoisotopic (exact) mass is 505 g/mol. The molecular weight excluding hydrogens is 478 g/mol. The van der Waals surface area contributed by atoms with Gasteiger partial charge in [-0.25, -0.2) is 9.59 Å². The highest BCUT2D eigenvalue weighted by molar-refractivity contribution is 6.27. The molecule has 0 aromatic heterocycles. The third-order valence-corrected chi connectivity index (χ3v) is 5.67. The molecule has 0 amide bonds. The quantitative estimate of drug-likeness (QED) is 0.319. The molecule has 2 heterocycles. The predicted octanol–water partition coefficient (Wildman–Crippen LogP) is 1.81.